The molecule has 3 N–H and O–H groups in total. The van der Waals surface area contributed by atoms with Crippen molar-refractivity contribution in [1.82, 2.24) is 14.9 Å². The van der Waals surface area contributed by atoms with Gasteiger partial charge < -0.3 is 19.2 Å². The van der Waals surface area contributed by atoms with Crippen LogP contribution in [0.15, 0.2) is 31.8 Å². The SMILES string of the molecule is COC1=NC(NC(=O)NS(=O)(=O)c2cocc2C(=O)O)=NCN1C. The van der Waals surface area contributed by atoms with E-state index in [4.69, 9.17) is 9.84 Å². The number of carboxylic acids is 1. The fourth-order valence-electron chi connectivity index (χ4n) is 1.67. The number of furan rings is 1. The summed E-state index contributed by atoms with van der Waals surface area (Å²) in [5.74, 6) is -1.68. The lowest BCUT2D eigenvalue weighted by Gasteiger charge is -2.21. The van der Waals surface area contributed by atoms with E-state index in [2.05, 4.69) is 19.7 Å². The Balaban J connectivity index is 2.11. The Morgan fingerprint density at radius 3 is 2.75 bits per heavy atom. The minimum atomic E-state index is -4.45. The lowest BCUT2D eigenvalue weighted by Crippen LogP contribution is -2.45. The third-order valence-electron chi connectivity index (χ3n) is 2.74. The molecule has 24 heavy (non-hydrogen) atoms. The van der Waals surface area contributed by atoms with E-state index in [9.17, 15) is 18.0 Å². The molecule has 0 bridgehead atoms. The van der Waals surface area contributed by atoms with Crippen molar-refractivity contribution < 1.29 is 32.3 Å². The number of nitrogens with zero attached hydrogens (tertiary/aromatic N) is 3. The Bertz CT molecular complexity index is 826. The number of hydrogen-bond donors (Lipinski definition) is 3. The fourth-order valence-corrected chi connectivity index (χ4v) is 2.68. The summed E-state index contributed by atoms with van der Waals surface area (Å²) in [4.78, 5) is 31.3. The van der Waals surface area contributed by atoms with Crippen LogP contribution in [0.3, 0.4) is 0 Å². The summed E-state index contributed by atoms with van der Waals surface area (Å²) < 4.78 is 35.2. The second kappa shape index (κ2) is 6.57. The van der Waals surface area contributed by atoms with Gasteiger partial charge in [0.05, 0.1) is 7.11 Å². The van der Waals surface area contributed by atoms with Gasteiger partial charge in [-0.2, -0.15) is 4.99 Å². The van der Waals surface area contributed by atoms with Gasteiger partial charge in [-0.15, -0.1) is 0 Å². The molecule has 1 aliphatic rings. The summed E-state index contributed by atoms with van der Waals surface area (Å²) in [5, 5.41) is 11.0. The average Bonchev–Trinajstić information content (AvgIpc) is 2.99. The molecule has 2 rings (SSSR count). The molecule has 0 saturated carbocycles. The molecule has 0 fully saturated rings. The van der Waals surface area contributed by atoms with Gasteiger partial charge in [-0.3, -0.25) is 5.32 Å². The Kier molecular flexibility index (Phi) is 4.73. The van der Waals surface area contributed by atoms with Gasteiger partial charge in [0.2, 0.25) is 5.96 Å². The van der Waals surface area contributed by atoms with Crippen molar-refractivity contribution in [2.24, 2.45) is 9.98 Å². The quantitative estimate of drug-likeness (QED) is 0.633. The van der Waals surface area contributed by atoms with E-state index in [1.165, 1.54) is 7.11 Å². The summed E-state index contributed by atoms with van der Waals surface area (Å²) in [5.41, 5.74) is -0.605. The van der Waals surface area contributed by atoms with E-state index in [0.717, 1.165) is 6.26 Å². The molecule has 0 atom stereocenters. The molecule has 0 spiro atoms. The van der Waals surface area contributed by atoms with Crippen LogP contribution in [0.4, 0.5) is 4.79 Å². The first kappa shape index (κ1) is 17.3. The molecule has 1 aromatic heterocycles. The first-order chi connectivity index (χ1) is 11.2. The van der Waals surface area contributed by atoms with E-state index in [-0.39, 0.29) is 18.6 Å². The average molecular weight is 359 g/mol. The standard InChI is InChI=1S/C11H13N5O7S/c1-16-5-12-9(14-11(16)22-2)13-10(19)15-24(20,21)7-4-23-3-6(7)8(17)18/h3-4H,5H2,1-2H3,(H,17,18)(H2,12,13,15,19). The van der Waals surface area contributed by atoms with Gasteiger partial charge in [0.15, 0.2) is 0 Å². The molecule has 130 valence electrons. The number of rotatable bonds is 3. The van der Waals surface area contributed by atoms with E-state index in [1.807, 2.05) is 0 Å². The number of guanidine groups is 1. The highest BCUT2D eigenvalue weighted by atomic mass is 32.2. The second-order valence-electron chi connectivity index (χ2n) is 4.43. The van der Waals surface area contributed by atoms with Crippen LogP contribution >= 0.6 is 0 Å². The Morgan fingerprint density at radius 1 is 1.42 bits per heavy atom. The highest BCUT2D eigenvalue weighted by molar-refractivity contribution is 7.90. The monoisotopic (exact) mass is 359 g/mol. The van der Waals surface area contributed by atoms with Gasteiger partial charge in [0.25, 0.3) is 16.0 Å². The lowest BCUT2D eigenvalue weighted by molar-refractivity contribution is 0.0692. The first-order valence-corrected chi connectivity index (χ1v) is 7.74. The van der Waals surface area contributed by atoms with Crippen LogP contribution in [0.25, 0.3) is 0 Å². The minimum absolute atomic E-state index is 0.139. The van der Waals surface area contributed by atoms with Gasteiger partial charge in [-0.05, 0) is 0 Å². The Morgan fingerprint density at radius 2 is 2.12 bits per heavy atom. The zero-order chi connectivity index (χ0) is 17.9. The number of hydrogen-bond acceptors (Lipinski definition) is 9. The van der Waals surface area contributed by atoms with Crippen LogP contribution in [0.5, 0.6) is 0 Å². The number of ether oxygens (including phenoxy) is 1. The molecule has 0 saturated heterocycles. The van der Waals surface area contributed by atoms with Crippen molar-refractivity contribution >= 4 is 34.0 Å². The molecular weight excluding hydrogens is 346 g/mol. The van der Waals surface area contributed by atoms with E-state index in [0.29, 0.717) is 6.26 Å². The van der Waals surface area contributed by atoms with E-state index in [1.54, 1.807) is 16.7 Å². The number of carbonyl (C=O) groups excluding carboxylic acids is 1. The predicted molar refractivity (Wildman–Crippen MR) is 79.0 cm³/mol. The molecule has 1 aliphatic heterocycles. The van der Waals surface area contributed by atoms with Crippen molar-refractivity contribution in [3.05, 3.63) is 18.1 Å². The summed E-state index contributed by atoms with van der Waals surface area (Å²) in [6.45, 7) is 0.139. The predicted octanol–water partition coefficient (Wildman–Crippen LogP) is -0.773. The number of carbonyl (C=O) groups is 2. The van der Waals surface area contributed by atoms with Crippen LogP contribution in [-0.4, -0.2) is 63.2 Å². The van der Waals surface area contributed by atoms with E-state index >= 15 is 0 Å². The van der Waals surface area contributed by atoms with Gasteiger partial charge in [0.1, 0.15) is 29.7 Å². The zero-order valence-electron chi connectivity index (χ0n) is 12.5. The lowest BCUT2D eigenvalue weighted by atomic mass is 10.3. The zero-order valence-corrected chi connectivity index (χ0v) is 13.3. The number of aromatic carboxylic acids is 1. The highest BCUT2D eigenvalue weighted by Crippen LogP contribution is 2.16. The van der Waals surface area contributed by atoms with Gasteiger partial charge >= 0.3 is 12.0 Å². The van der Waals surface area contributed by atoms with Gasteiger partial charge in [-0.1, -0.05) is 0 Å². The largest absolute Gasteiger partial charge is 0.478 e. The summed E-state index contributed by atoms with van der Waals surface area (Å²) >= 11 is 0. The molecule has 12 nitrogen and oxygen atoms in total. The molecule has 2 heterocycles. The van der Waals surface area contributed by atoms with Gasteiger partial charge in [-0.25, -0.2) is 27.7 Å². The number of amides is 2. The smallest absolute Gasteiger partial charge is 0.340 e. The molecular formula is C11H13N5O7S. The van der Waals surface area contributed by atoms with Crippen LogP contribution in [0.1, 0.15) is 10.4 Å². The number of amidine groups is 1. The Labute approximate surface area is 135 Å². The van der Waals surface area contributed by atoms with Crippen molar-refractivity contribution in [3.63, 3.8) is 0 Å². The molecule has 13 heteroatoms. The molecule has 2 amide bonds. The molecule has 1 aromatic rings. The maximum Gasteiger partial charge on any atom is 0.340 e. The summed E-state index contributed by atoms with van der Waals surface area (Å²) in [7, 11) is -1.43. The van der Waals surface area contributed by atoms with Crippen molar-refractivity contribution in [3.8, 4) is 0 Å². The van der Waals surface area contributed by atoms with Crippen LogP contribution in [-0.2, 0) is 14.8 Å². The normalized spacial score (nSPS) is 14.5. The maximum atomic E-state index is 12.0. The van der Waals surface area contributed by atoms with Crippen molar-refractivity contribution in [2.75, 3.05) is 20.8 Å². The van der Waals surface area contributed by atoms with Crippen LogP contribution in [0, 0.1) is 0 Å². The van der Waals surface area contributed by atoms with Crippen molar-refractivity contribution in [2.45, 2.75) is 4.90 Å². The number of sulfonamides is 1. The van der Waals surface area contributed by atoms with E-state index < -0.39 is 32.5 Å². The molecule has 0 radical (unpaired) electrons. The molecule has 0 unspecified atom stereocenters. The number of urea groups is 1. The van der Waals surface area contributed by atoms with Gasteiger partial charge in [0, 0.05) is 7.05 Å². The fraction of sp³-hybridized carbons (Fsp3) is 0.273. The number of carboxylic acid groups (broad SMARTS) is 1. The third-order valence-corrected chi connectivity index (χ3v) is 4.09. The topological polar surface area (TPSA) is 163 Å². The number of nitrogens with one attached hydrogen (secondary N) is 2. The van der Waals surface area contributed by atoms with Crippen molar-refractivity contribution in [1.29, 1.82) is 0 Å². The minimum Gasteiger partial charge on any atom is -0.478 e. The van der Waals surface area contributed by atoms with Crippen LogP contribution in [0.2, 0.25) is 0 Å². The molecule has 0 aromatic carbocycles. The second-order valence-corrected chi connectivity index (χ2v) is 6.08. The maximum absolute atomic E-state index is 12.0. The highest BCUT2D eigenvalue weighted by Gasteiger charge is 2.27. The Hall–Kier alpha value is -3.09. The third kappa shape index (κ3) is 3.62. The number of aliphatic imine (C=N–C) groups is 2. The first-order valence-electron chi connectivity index (χ1n) is 6.26. The number of methoxy groups -OCH3 is 1. The summed E-state index contributed by atoms with van der Waals surface area (Å²) in [6.07, 6.45) is 1.44. The van der Waals surface area contributed by atoms with Crippen LogP contribution < -0.4 is 10.0 Å². The summed E-state index contributed by atoms with van der Waals surface area (Å²) in [6, 6.07) is -0.999. The molecule has 0 aliphatic carbocycles.